The maximum Gasteiger partial charge on any atom is 0.228 e. The maximum absolute atomic E-state index is 13.5. The molecule has 1 aliphatic heterocycles. The fourth-order valence-corrected chi connectivity index (χ4v) is 4.62. The summed E-state index contributed by atoms with van der Waals surface area (Å²) in [6, 6.07) is 22.3. The van der Waals surface area contributed by atoms with E-state index in [1.165, 1.54) is 12.1 Å². The molecule has 5 rings (SSSR count). The number of carbonyl (C=O) groups is 1. The van der Waals surface area contributed by atoms with Crippen molar-refractivity contribution in [2.75, 3.05) is 18.4 Å². The van der Waals surface area contributed by atoms with Crippen LogP contribution in [0.2, 0.25) is 0 Å². The van der Waals surface area contributed by atoms with Crippen molar-refractivity contribution in [1.82, 2.24) is 14.5 Å². The number of hydrogen-bond acceptors (Lipinski definition) is 3. The molecule has 5 nitrogen and oxygen atoms in total. The smallest absolute Gasteiger partial charge is 0.228 e. The highest BCUT2D eigenvalue weighted by molar-refractivity contribution is 5.93. The van der Waals surface area contributed by atoms with Crippen molar-refractivity contribution in [3.05, 3.63) is 90.0 Å². The van der Waals surface area contributed by atoms with Crippen LogP contribution in [0.5, 0.6) is 0 Å². The first-order valence-corrected chi connectivity index (χ1v) is 11.4. The number of para-hydroxylation sites is 3. The third kappa shape index (κ3) is 4.52. The molecule has 1 aliphatic rings. The molecule has 3 aromatic carbocycles. The van der Waals surface area contributed by atoms with Crippen LogP contribution in [0.15, 0.2) is 72.8 Å². The number of carbonyl (C=O) groups excluding carboxylic acids is 1. The molecule has 1 aromatic heterocycles. The Morgan fingerprint density at radius 3 is 2.64 bits per heavy atom. The van der Waals surface area contributed by atoms with Crippen LogP contribution >= 0.6 is 0 Å². The lowest BCUT2D eigenvalue weighted by molar-refractivity contribution is -0.121. The molecule has 1 atom stereocenters. The number of rotatable bonds is 5. The van der Waals surface area contributed by atoms with Crippen LogP contribution < -0.4 is 5.32 Å². The second kappa shape index (κ2) is 9.16. The molecule has 0 aliphatic carbocycles. The van der Waals surface area contributed by atoms with Gasteiger partial charge in [0.05, 0.1) is 23.5 Å². The summed E-state index contributed by atoms with van der Waals surface area (Å²) in [4.78, 5) is 20.2. The van der Waals surface area contributed by atoms with Crippen LogP contribution in [-0.2, 0) is 11.3 Å². The quantitative estimate of drug-likeness (QED) is 0.455. The molecule has 1 N–H and O–H groups in total. The van der Waals surface area contributed by atoms with E-state index in [0.717, 1.165) is 53.2 Å². The summed E-state index contributed by atoms with van der Waals surface area (Å²) in [7, 11) is 0. The lowest BCUT2D eigenvalue weighted by Crippen LogP contribution is -2.40. The lowest BCUT2D eigenvalue weighted by atomic mass is 9.97. The van der Waals surface area contributed by atoms with Crippen LogP contribution in [0.1, 0.15) is 24.2 Å². The predicted molar refractivity (Wildman–Crippen MR) is 129 cm³/mol. The van der Waals surface area contributed by atoms with Crippen molar-refractivity contribution in [3.63, 3.8) is 0 Å². The molecular formula is C27H27FN4O. The molecule has 6 heteroatoms. The number of imidazole rings is 1. The van der Waals surface area contributed by atoms with E-state index in [1.807, 2.05) is 55.5 Å². The number of anilines is 1. The normalized spacial score (nSPS) is 16.7. The molecule has 168 valence electrons. The highest BCUT2D eigenvalue weighted by Crippen LogP contribution is 2.26. The standard InChI is InChI=1S/C27H27FN4O/c1-19-7-2-3-9-23(19)30-27(33)20-8-6-16-31(17-20)18-26-29-24-10-4-5-11-25(24)32(26)22-14-12-21(28)13-15-22/h2-5,7,9-15,20H,6,8,16-18H2,1H3,(H,30,33)/t20-/m0/s1. The second-order valence-electron chi connectivity index (χ2n) is 8.71. The summed E-state index contributed by atoms with van der Waals surface area (Å²) in [5, 5.41) is 3.11. The van der Waals surface area contributed by atoms with E-state index < -0.39 is 0 Å². The topological polar surface area (TPSA) is 50.2 Å². The Balaban J connectivity index is 1.37. The van der Waals surface area contributed by atoms with Gasteiger partial charge in [0.15, 0.2) is 0 Å². The summed E-state index contributed by atoms with van der Waals surface area (Å²) in [5.74, 6) is 0.633. The molecule has 0 bridgehead atoms. The Bertz CT molecular complexity index is 1280. The minimum absolute atomic E-state index is 0.0676. The molecule has 0 spiro atoms. The van der Waals surface area contributed by atoms with Gasteiger partial charge in [0, 0.05) is 17.9 Å². The third-order valence-electron chi connectivity index (χ3n) is 6.36. The Hall–Kier alpha value is -3.51. The molecule has 1 fully saturated rings. The van der Waals surface area contributed by atoms with E-state index in [-0.39, 0.29) is 17.6 Å². The average Bonchev–Trinajstić information content (AvgIpc) is 3.19. The van der Waals surface area contributed by atoms with E-state index in [0.29, 0.717) is 13.1 Å². The minimum Gasteiger partial charge on any atom is -0.326 e. The summed E-state index contributed by atoms with van der Waals surface area (Å²) >= 11 is 0. The number of aryl methyl sites for hydroxylation is 1. The van der Waals surface area contributed by atoms with Crippen molar-refractivity contribution < 1.29 is 9.18 Å². The largest absolute Gasteiger partial charge is 0.326 e. The van der Waals surface area contributed by atoms with Crippen LogP contribution in [-0.4, -0.2) is 33.4 Å². The fraction of sp³-hybridized carbons (Fsp3) is 0.259. The van der Waals surface area contributed by atoms with Gasteiger partial charge in [-0.25, -0.2) is 9.37 Å². The van der Waals surface area contributed by atoms with Crippen LogP contribution in [0.25, 0.3) is 16.7 Å². The van der Waals surface area contributed by atoms with Crippen molar-refractivity contribution in [2.24, 2.45) is 5.92 Å². The minimum atomic E-state index is -0.261. The molecule has 1 saturated heterocycles. The fourth-order valence-electron chi connectivity index (χ4n) is 4.62. The second-order valence-corrected chi connectivity index (χ2v) is 8.71. The Kier molecular flexibility index (Phi) is 5.92. The van der Waals surface area contributed by atoms with Gasteiger partial charge in [-0.15, -0.1) is 0 Å². The Labute approximate surface area is 192 Å². The van der Waals surface area contributed by atoms with Gasteiger partial charge in [0.2, 0.25) is 5.91 Å². The number of halogens is 1. The van der Waals surface area contributed by atoms with Crippen molar-refractivity contribution in [3.8, 4) is 5.69 Å². The number of piperidine rings is 1. The zero-order valence-electron chi connectivity index (χ0n) is 18.7. The van der Waals surface area contributed by atoms with Gasteiger partial charge >= 0.3 is 0 Å². The predicted octanol–water partition coefficient (Wildman–Crippen LogP) is 5.32. The number of nitrogens with zero attached hydrogens (tertiary/aromatic N) is 3. The van der Waals surface area contributed by atoms with Crippen molar-refractivity contribution in [2.45, 2.75) is 26.3 Å². The summed E-state index contributed by atoms with van der Waals surface area (Å²) in [6.45, 7) is 4.23. The molecule has 4 aromatic rings. The third-order valence-corrected chi connectivity index (χ3v) is 6.36. The van der Waals surface area contributed by atoms with Gasteiger partial charge in [-0.3, -0.25) is 14.3 Å². The maximum atomic E-state index is 13.5. The van der Waals surface area contributed by atoms with Crippen LogP contribution in [0.4, 0.5) is 10.1 Å². The number of nitrogens with one attached hydrogen (secondary N) is 1. The Morgan fingerprint density at radius 1 is 1.06 bits per heavy atom. The monoisotopic (exact) mass is 442 g/mol. The number of hydrogen-bond donors (Lipinski definition) is 1. The molecule has 0 unspecified atom stereocenters. The number of fused-ring (bicyclic) bond motifs is 1. The van der Waals surface area contributed by atoms with Crippen LogP contribution in [0, 0.1) is 18.7 Å². The number of amides is 1. The first-order chi connectivity index (χ1) is 16.1. The summed E-state index contributed by atoms with van der Waals surface area (Å²) in [6.07, 6.45) is 1.84. The highest BCUT2D eigenvalue weighted by atomic mass is 19.1. The first kappa shape index (κ1) is 21.3. The number of benzene rings is 3. The average molecular weight is 443 g/mol. The molecule has 0 radical (unpaired) electrons. The highest BCUT2D eigenvalue weighted by Gasteiger charge is 2.27. The summed E-state index contributed by atoms with van der Waals surface area (Å²) < 4.78 is 15.6. The molecule has 1 amide bonds. The van der Waals surface area contributed by atoms with E-state index in [9.17, 15) is 9.18 Å². The molecule has 0 saturated carbocycles. The zero-order chi connectivity index (χ0) is 22.8. The van der Waals surface area contributed by atoms with E-state index >= 15 is 0 Å². The van der Waals surface area contributed by atoms with Gasteiger partial charge in [0.25, 0.3) is 0 Å². The van der Waals surface area contributed by atoms with Gasteiger partial charge < -0.3 is 5.32 Å². The van der Waals surface area contributed by atoms with Gasteiger partial charge in [0.1, 0.15) is 11.6 Å². The molecular weight excluding hydrogens is 415 g/mol. The van der Waals surface area contributed by atoms with Crippen molar-refractivity contribution >= 4 is 22.6 Å². The van der Waals surface area contributed by atoms with E-state index in [2.05, 4.69) is 14.8 Å². The SMILES string of the molecule is Cc1ccccc1NC(=O)[C@H]1CCCN(Cc2nc3ccccc3n2-c2ccc(F)cc2)C1. The number of likely N-dealkylation sites (tertiary alicyclic amines) is 1. The first-order valence-electron chi connectivity index (χ1n) is 11.4. The molecule has 2 heterocycles. The van der Waals surface area contributed by atoms with Gasteiger partial charge in [-0.1, -0.05) is 30.3 Å². The van der Waals surface area contributed by atoms with Gasteiger partial charge in [-0.2, -0.15) is 0 Å². The van der Waals surface area contributed by atoms with E-state index in [1.54, 1.807) is 12.1 Å². The van der Waals surface area contributed by atoms with Gasteiger partial charge in [-0.05, 0) is 74.3 Å². The zero-order valence-corrected chi connectivity index (χ0v) is 18.7. The Morgan fingerprint density at radius 2 is 1.82 bits per heavy atom. The lowest BCUT2D eigenvalue weighted by Gasteiger charge is -2.32. The van der Waals surface area contributed by atoms with Crippen molar-refractivity contribution in [1.29, 1.82) is 0 Å². The summed E-state index contributed by atoms with van der Waals surface area (Å²) in [5.41, 5.74) is 4.71. The van der Waals surface area contributed by atoms with E-state index in [4.69, 9.17) is 4.98 Å². The molecule has 33 heavy (non-hydrogen) atoms. The van der Waals surface area contributed by atoms with Crippen LogP contribution in [0.3, 0.4) is 0 Å². The number of aromatic nitrogens is 2.